The van der Waals surface area contributed by atoms with Gasteiger partial charge in [-0.3, -0.25) is 4.90 Å². The molecule has 0 N–H and O–H groups in total. The maximum absolute atomic E-state index is 6.03. The van der Waals surface area contributed by atoms with Crippen LogP contribution in [0.5, 0.6) is 0 Å². The summed E-state index contributed by atoms with van der Waals surface area (Å²) in [6.45, 7) is 18.5. The molecule has 0 bridgehead atoms. The highest BCUT2D eigenvalue weighted by molar-refractivity contribution is 4.89. The van der Waals surface area contributed by atoms with Gasteiger partial charge < -0.3 is 9.64 Å². The van der Waals surface area contributed by atoms with E-state index in [4.69, 9.17) is 4.74 Å². The monoisotopic (exact) mass is 324 g/mol. The third-order valence-electron chi connectivity index (χ3n) is 5.55. The van der Waals surface area contributed by atoms with Gasteiger partial charge in [0.15, 0.2) is 0 Å². The van der Waals surface area contributed by atoms with E-state index in [1.165, 1.54) is 45.3 Å². The molecule has 0 aromatic carbocycles. The van der Waals surface area contributed by atoms with E-state index in [2.05, 4.69) is 58.4 Å². The number of likely N-dealkylation sites (tertiary alicyclic amines) is 1. The first kappa shape index (κ1) is 19.2. The summed E-state index contributed by atoms with van der Waals surface area (Å²) in [6.07, 6.45) is 5.68. The molecule has 3 heteroatoms. The SMILES string of the molecule is CN(CC1CCN(C(C)(C)C)CC1)C1CC(OCC(C)(C)C)C1. The maximum atomic E-state index is 6.03. The smallest absolute Gasteiger partial charge is 0.0605 e. The van der Waals surface area contributed by atoms with E-state index in [0.717, 1.165) is 18.6 Å². The fourth-order valence-electron chi connectivity index (χ4n) is 3.74. The van der Waals surface area contributed by atoms with Crippen LogP contribution in [0.2, 0.25) is 0 Å². The molecule has 1 saturated heterocycles. The van der Waals surface area contributed by atoms with E-state index in [9.17, 15) is 0 Å². The van der Waals surface area contributed by atoms with Crippen molar-refractivity contribution >= 4 is 0 Å². The zero-order chi connectivity index (χ0) is 17.3. The molecule has 1 saturated carbocycles. The lowest BCUT2D eigenvalue weighted by atomic mass is 9.86. The molecule has 0 aromatic heterocycles. The molecule has 0 radical (unpaired) electrons. The van der Waals surface area contributed by atoms with Crippen molar-refractivity contribution in [3.63, 3.8) is 0 Å². The van der Waals surface area contributed by atoms with Gasteiger partial charge in [0.1, 0.15) is 0 Å². The molecule has 2 rings (SSSR count). The largest absolute Gasteiger partial charge is 0.378 e. The van der Waals surface area contributed by atoms with Crippen molar-refractivity contribution in [2.75, 3.05) is 33.3 Å². The summed E-state index contributed by atoms with van der Waals surface area (Å²) in [5.41, 5.74) is 0.625. The Labute approximate surface area is 144 Å². The van der Waals surface area contributed by atoms with Crippen LogP contribution in [0.15, 0.2) is 0 Å². The molecule has 2 fully saturated rings. The fourth-order valence-corrected chi connectivity index (χ4v) is 3.74. The molecule has 136 valence electrons. The quantitative estimate of drug-likeness (QED) is 0.759. The first-order chi connectivity index (χ1) is 10.5. The minimum atomic E-state index is 0.290. The second kappa shape index (κ2) is 7.41. The van der Waals surface area contributed by atoms with Crippen molar-refractivity contribution in [3.05, 3.63) is 0 Å². The first-order valence-electron chi connectivity index (χ1n) is 9.61. The highest BCUT2D eigenvalue weighted by atomic mass is 16.5. The molecule has 2 aliphatic rings. The molecular weight excluding hydrogens is 284 g/mol. The average molecular weight is 325 g/mol. The van der Waals surface area contributed by atoms with E-state index >= 15 is 0 Å². The topological polar surface area (TPSA) is 15.7 Å². The van der Waals surface area contributed by atoms with Crippen LogP contribution in [-0.4, -0.2) is 60.8 Å². The van der Waals surface area contributed by atoms with E-state index in [-0.39, 0.29) is 5.41 Å². The molecule has 0 amide bonds. The van der Waals surface area contributed by atoms with E-state index in [0.29, 0.717) is 11.6 Å². The van der Waals surface area contributed by atoms with Crippen LogP contribution in [0.1, 0.15) is 67.2 Å². The third-order valence-corrected chi connectivity index (χ3v) is 5.55. The normalized spacial score (nSPS) is 28.2. The van der Waals surface area contributed by atoms with E-state index < -0.39 is 0 Å². The highest BCUT2D eigenvalue weighted by Gasteiger charge is 2.35. The summed E-state index contributed by atoms with van der Waals surface area (Å²) < 4.78 is 6.03. The Morgan fingerprint density at radius 2 is 1.57 bits per heavy atom. The van der Waals surface area contributed by atoms with Gasteiger partial charge in [0, 0.05) is 18.1 Å². The minimum absolute atomic E-state index is 0.290. The highest BCUT2D eigenvalue weighted by Crippen LogP contribution is 2.31. The Morgan fingerprint density at radius 1 is 1.00 bits per heavy atom. The lowest BCUT2D eigenvalue weighted by molar-refractivity contribution is -0.0709. The lowest BCUT2D eigenvalue weighted by Gasteiger charge is -2.45. The molecule has 1 aliphatic heterocycles. The number of hydrogen-bond donors (Lipinski definition) is 0. The molecular formula is C20H40N2O. The van der Waals surface area contributed by atoms with Crippen LogP contribution in [0, 0.1) is 11.3 Å². The van der Waals surface area contributed by atoms with Gasteiger partial charge in [0.2, 0.25) is 0 Å². The van der Waals surface area contributed by atoms with Gasteiger partial charge in [0.25, 0.3) is 0 Å². The minimum Gasteiger partial charge on any atom is -0.378 e. The molecule has 1 heterocycles. The zero-order valence-corrected chi connectivity index (χ0v) is 16.7. The second-order valence-corrected chi connectivity index (χ2v) is 10.2. The maximum Gasteiger partial charge on any atom is 0.0605 e. The Hall–Kier alpha value is -0.120. The van der Waals surface area contributed by atoms with Crippen LogP contribution >= 0.6 is 0 Å². The van der Waals surface area contributed by atoms with Crippen molar-refractivity contribution in [1.29, 1.82) is 0 Å². The van der Waals surface area contributed by atoms with Gasteiger partial charge in [-0.1, -0.05) is 20.8 Å². The Bertz CT molecular complexity index is 355. The summed E-state index contributed by atoms with van der Waals surface area (Å²) in [5.74, 6) is 0.883. The summed E-state index contributed by atoms with van der Waals surface area (Å²) in [4.78, 5) is 5.25. The molecule has 0 atom stereocenters. The van der Waals surface area contributed by atoms with Gasteiger partial charge >= 0.3 is 0 Å². The van der Waals surface area contributed by atoms with E-state index in [1.54, 1.807) is 0 Å². The first-order valence-corrected chi connectivity index (χ1v) is 9.61. The van der Waals surface area contributed by atoms with Gasteiger partial charge in [-0.2, -0.15) is 0 Å². The standard InChI is InChI=1S/C20H40N2O/c1-19(2,3)15-23-18-12-17(13-18)21(7)14-16-8-10-22(11-9-16)20(4,5)6/h16-18H,8-15H2,1-7H3. The van der Waals surface area contributed by atoms with Crippen LogP contribution in [0.3, 0.4) is 0 Å². The van der Waals surface area contributed by atoms with Crippen molar-refractivity contribution in [1.82, 2.24) is 9.80 Å². The molecule has 0 spiro atoms. The van der Waals surface area contributed by atoms with Gasteiger partial charge in [-0.15, -0.1) is 0 Å². The predicted molar refractivity (Wildman–Crippen MR) is 98.9 cm³/mol. The van der Waals surface area contributed by atoms with Crippen LogP contribution in [0.4, 0.5) is 0 Å². The van der Waals surface area contributed by atoms with Crippen LogP contribution in [-0.2, 0) is 4.74 Å². The van der Waals surface area contributed by atoms with Crippen molar-refractivity contribution in [2.24, 2.45) is 11.3 Å². The molecule has 0 unspecified atom stereocenters. The Kier molecular flexibility index (Phi) is 6.19. The van der Waals surface area contributed by atoms with E-state index in [1.807, 2.05) is 0 Å². The zero-order valence-electron chi connectivity index (χ0n) is 16.7. The van der Waals surface area contributed by atoms with Gasteiger partial charge in [0.05, 0.1) is 12.7 Å². The summed E-state index contributed by atoms with van der Waals surface area (Å²) >= 11 is 0. The fraction of sp³-hybridized carbons (Fsp3) is 1.00. The molecule has 1 aliphatic carbocycles. The number of ether oxygens (including phenoxy) is 1. The Balaban J connectivity index is 1.63. The van der Waals surface area contributed by atoms with Gasteiger partial charge in [-0.25, -0.2) is 0 Å². The lowest BCUT2D eigenvalue weighted by Crippen LogP contribution is -2.50. The third kappa shape index (κ3) is 6.03. The van der Waals surface area contributed by atoms with Crippen molar-refractivity contribution < 1.29 is 4.74 Å². The number of piperidine rings is 1. The number of nitrogens with zero attached hydrogens (tertiary/aromatic N) is 2. The number of hydrogen-bond acceptors (Lipinski definition) is 3. The molecule has 3 nitrogen and oxygen atoms in total. The van der Waals surface area contributed by atoms with Crippen molar-refractivity contribution in [2.45, 2.75) is 84.9 Å². The van der Waals surface area contributed by atoms with Crippen LogP contribution < -0.4 is 0 Å². The second-order valence-electron chi connectivity index (χ2n) is 10.2. The molecule has 0 aromatic rings. The van der Waals surface area contributed by atoms with Crippen molar-refractivity contribution in [3.8, 4) is 0 Å². The summed E-state index contributed by atoms with van der Waals surface area (Å²) in [6, 6.07) is 0.751. The summed E-state index contributed by atoms with van der Waals surface area (Å²) in [5, 5.41) is 0. The Morgan fingerprint density at radius 3 is 2.04 bits per heavy atom. The number of rotatable bonds is 5. The average Bonchev–Trinajstić information content (AvgIpc) is 2.34. The molecule has 23 heavy (non-hydrogen) atoms. The van der Waals surface area contributed by atoms with Gasteiger partial charge in [-0.05, 0) is 77.9 Å². The summed E-state index contributed by atoms with van der Waals surface area (Å²) in [7, 11) is 2.32. The predicted octanol–water partition coefficient (Wildman–Crippen LogP) is 4.02. The van der Waals surface area contributed by atoms with Crippen LogP contribution in [0.25, 0.3) is 0 Å².